The maximum Gasteiger partial charge on any atom is 0.244 e. The van der Waals surface area contributed by atoms with Gasteiger partial charge in [0.25, 0.3) is 0 Å². The van der Waals surface area contributed by atoms with Crippen LogP contribution in [-0.4, -0.2) is 10.1 Å². The molecule has 0 saturated carbocycles. The Hall–Kier alpha value is -2.14. The van der Waals surface area contributed by atoms with Crippen LogP contribution in [0.1, 0.15) is 32.7 Å². The molecule has 0 fully saturated rings. The van der Waals surface area contributed by atoms with Gasteiger partial charge >= 0.3 is 0 Å². The molecule has 3 rings (SSSR count). The Morgan fingerprint density at radius 1 is 1.20 bits per heavy atom. The predicted octanol–water partition coefficient (Wildman–Crippen LogP) is 3.53. The lowest BCUT2D eigenvalue weighted by Gasteiger charge is -2.23. The molecule has 5 nitrogen and oxygen atoms in total. The molecule has 2 aromatic heterocycles. The highest BCUT2D eigenvalue weighted by Crippen LogP contribution is 2.31. The SMILES string of the molecule is CC(C)(C)[C@@H](N)c1nc(-c2cc3ccccc3o2)no1. The number of rotatable bonds is 2. The van der Waals surface area contributed by atoms with E-state index in [1.807, 2.05) is 51.1 Å². The van der Waals surface area contributed by atoms with E-state index >= 15 is 0 Å². The van der Waals surface area contributed by atoms with Gasteiger partial charge in [-0.05, 0) is 17.5 Å². The Balaban J connectivity index is 1.97. The van der Waals surface area contributed by atoms with Crippen LogP contribution in [0.2, 0.25) is 0 Å². The summed E-state index contributed by atoms with van der Waals surface area (Å²) in [5, 5.41) is 4.96. The molecule has 5 heteroatoms. The normalized spacial score (nSPS) is 13.8. The van der Waals surface area contributed by atoms with Gasteiger partial charge < -0.3 is 14.7 Å². The van der Waals surface area contributed by atoms with Gasteiger partial charge in [0.15, 0.2) is 5.76 Å². The Morgan fingerprint density at radius 3 is 2.65 bits per heavy atom. The van der Waals surface area contributed by atoms with Gasteiger partial charge in [0.2, 0.25) is 11.7 Å². The molecule has 0 amide bonds. The second-order valence-electron chi connectivity index (χ2n) is 5.95. The maximum absolute atomic E-state index is 6.11. The van der Waals surface area contributed by atoms with Crippen LogP contribution in [0, 0.1) is 5.41 Å². The van der Waals surface area contributed by atoms with Crippen molar-refractivity contribution in [3.63, 3.8) is 0 Å². The summed E-state index contributed by atoms with van der Waals surface area (Å²) in [6, 6.07) is 9.34. The molecule has 2 heterocycles. The van der Waals surface area contributed by atoms with Crippen LogP contribution >= 0.6 is 0 Å². The number of aromatic nitrogens is 2. The largest absolute Gasteiger partial charge is 0.453 e. The van der Waals surface area contributed by atoms with Crippen LogP contribution < -0.4 is 5.73 Å². The van der Waals surface area contributed by atoms with Crippen molar-refractivity contribution >= 4 is 11.0 Å². The van der Waals surface area contributed by atoms with E-state index in [2.05, 4.69) is 10.1 Å². The first-order valence-corrected chi connectivity index (χ1v) is 6.53. The highest BCUT2D eigenvalue weighted by molar-refractivity contribution is 5.81. The average molecular weight is 271 g/mol. The van der Waals surface area contributed by atoms with Crippen molar-refractivity contribution in [3.8, 4) is 11.6 Å². The summed E-state index contributed by atoms with van der Waals surface area (Å²) in [6.45, 7) is 6.09. The molecule has 0 bridgehead atoms. The van der Waals surface area contributed by atoms with Crippen LogP contribution in [0.5, 0.6) is 0 Å². The van der Waals surface area contributed by atoms with Crippen molar-refractivity contribution < 1.29 is 8.94 Å². The van der Waals surface area contributed by atoms with Gasteiger partial charge in [0.05, 0.1) is 6.04 Å². The van der Waals surface area contributed by atoms with Crippen molar-refractivity contribution in [2.45, 2.75) is 26.8 Å². The standard InChI is InChI=1S/C15H17N3O2/c1-15(2,3)12(16)14-17-13(18-20-14)11-8-9-6-4-5-7-10(9)19-11/h4-8,12H,16H2,1-3H3/t12-/m0/s1. The van der Waals surface area contributed by atoms with Crippen LogP contribution in [0.4, 0.5) is 0 Å². The third-order valence-electron chi connectivity index (χ3n) is 3.29. The van der Waals surface area contributed by atoms with E-state index < -0.39 is 0 Å². The zero-order valence-corrected chi connectivity index (χ0v) is 11.8. The predicted molar refractivity (Wildman–Crippen MR) is 75.9 cm³/mol. The molecule has 20 heavy (non-hydrogen) atoms. The van der Waals surface area contributed by atoms with Gasteiger partial charge in [0.1, 0.15) is 5.58 Å². The van der Waals surface area contributed by atoms with Crippen molar-refractivity contribution in [2.24, 2.45) is 11.1 Å². The summed E-state index contributed by atoms with van der Waals surface area (Å²) in [5.74, 6) is 1.44. The van der Waals surface area contributed by atoms with E-state index in [1.165, 1.54) is 0 Å². The Bertz CT molecular complexity index is 704. The van der Waals surface area contributed by atoms with Gasteiger partial charge in [-0.1, -0.05) is 44.1 Å². The molecule has 0 radical (unpaired) electrons. The molecule has 0 aliphatic carbocycles. The Kier molecular flexibility index (Phi) is 2.87. The molecule has 0 aliphatic rings. The van der Waals surface area contributed by atoms with Crippen LogP contribution in [0.3, 0.4) is 0 Å². The fraction of sp³-hybridized carbons (Fsp3) is 0.333. The topological polar surface area (TPSA) is 78.1 Å². The fourth-order valence-electron chi connectivity index (χ4n) is 1.92. The third-order valence-corrected chi connectivity index (χ3v) is 3.29. The first-order valence-electron chi connectivity index (χ1n) is 6.53. The van der Waals surface area contributed by atoms with Crippen LogP contribution in [0.25, 0.3) is 22.6 Å². The lowest BCUT2D eigenvalue weighted by atomic mass is 9.87. The quantitative estimate of drug-likeness (QED) is 0.771. The number of para-hydroxylation sites is 1. The van der Waals surface area contributed by atoms with Gasteiger partial charge in [0, 0.05) is 5.39 Å². The molecule has 2 N–H and O–H groups in total. The smallest absolute Gasteiger partial charge is 0.244 e. The highest BCUT2D eigenvalue weighted by atomic mass is 16.5. The van der Waals surface area contributed by atoms with Crippen molar-refractivity contribution in [1.29, 1.82) is 0 Å². The second-order valence-corrected chi connectivity index (χ2v) is 5.95. The van der Waals surface area contributed by atoms with E-state index in [0.29, 0.717) is 17.5 Å². The van der Waals surface area contributed by atoms with Crippen molar-refractivity contribution in [3.05, 3.63) is 36.2 Å². The summed E-state index contributed by atoms with van der Waals surface area (Å²) in [7, 11) is 0. The number of nitrogens with two attached hydrogens (primary N) is 1. The van der Waals surface area contributed by atoms with Gasteiger partial charge in [-0.25, -0.2) is 0 Å². The molecule has 0 spiro atoms. The minimum Gasteiger partial charge on any atom is -0.453 e. The van der Waals surface area contributed by atoms with E-state index in [-0.39, 0.29) is 11.5 Å². The lowest BCUT2D eigenvalue weighted by molar-refractivity contribution is 0.253. The average Bonchev–Trinajstić information content (AvgIpc) is 3.03. The molecule has 0 saturated heterocycles. The summed E-state index contributed by atoms with van der Waals surface area (Å²) < 4.78 is 11.0. The molecule has 104 valence electrons. The monoisotopic (exact) mass is 271 g/mol. The van der Waals surface area contributed by atoms with E-state index in [1.54, 1.807) is 0 Å². The van der Waals surface area contributed by atoms with E-state index in [4.69, 9.17) is 14.7 Å². The molecule has 3 aromatic rings. The van der Waals surface area contributed by atoms with Crippen molar-refractivity contribution in [1.82, 2.24) is 10.1 Å². The number of nitrogens with zero attached hydrogens (tertiary/aromatic N) is 2. The fourth-order valence-corrected chi connectivity index (χ4v) is 1.92. The van der Waals surface area contributed by atoms with Gasteiger partial charge in [-0.3, -0.25) is 0 Å². The molecule has 1 aromatic carbocycles. The van der Waals surface area contributed by atoms with E-state index in [9.17, 15) is 0 Å². The van der Waals surface area contributed by atoms with Crippen LogP contribution in [-0.2, 0) is 0 Å². The zero-order chi connectivity index (χ0) is 14.3. The minimum absolute atomic E-state index is 0.141. The third kappa shape index (κ3) is 2.20. The lowest BCUT2D eigenvalue weighted by Crippen LogP contribution is -2.26. The molecular weight excluding hydrogens is 254 g/mol. The highest BCUT2D eigenvalue weighted by Gasteiger charge is 2.28. The second kappa shape index (κ2) is 4.45. The number of furan rings is 1. The van der Waals surface area contributed by atoms with Crippen LogP contribution in [0.15, 0.2) is 39.3 Å². The number of hydrogen-bond acceptors (Lipinski definition) is 5. The Morgan fingerprint density at radius 2 is 1.95 bits per heavy atom. The first-order chi connectivity index (χ1) is 9.45. The summed E-state index contributed by atoms with van der Waals surface area (Å²) in [5.41, 5.74) is 6.77. The summed E-state index contributed by atoms with van der Waals surface area (Å²) in [6.07, 6.45) is 0. The van der Waals surface area contributed by atoms with Gasteiger partial charge in [-0.2, -0.15) is 4.98 Å². The Labute approximate surface area is 116 Å². The number of fused-ring (bicyclic) bond motifs is 1. The molecule has 1 atom stereocenters. The molecular formula is C15H17N3O2. The summed E-state index contributed by atoms with van der Waals surface area (Å²) in [4.78, 5) is 4.35. The summed E-state index contributed by atoms with van der Waals surface area (Å²) >= 11 is 0. The maximum atomic E-state index is 6.11. The minimum atomic E-state index is -0.312. The zero-order valence-electron chi connectivity index (χ0n) is 11.8. The molecule has 0 unspecified atom stereocenters. The van der Waals surface area contributed by atoms with Crippen molar-refractivity contribution in [2.75, 3.05) is 0 Å². The number of hydrogen-bond donors (Lipinski definition) is 1. The van der Waals surface area contributed by atoms with Gasteiger partial charge in [-0.15, -0.1) is 0 Å². The first kappa shape index (κ1) is 12.9. The number of benzene rings is 1. The molecule has 0 aliphatic heterocycles. The van der Waals surface area contributed by atoms with E-state index in [0.717, 1.165) is 11.0 Å².